The molecule has 0 saturated heterocycles. The fourth-order valence-electron chi connectivity index (χ4n) is 1.66. The van der Waals surface area contributed by atoms with Crippen LogP contribution in [0.5, 0.6) is 0 Å². The van der Waals surface area contributed by atoms with Gasteiger partial charge in [-0.15, -0.1) is 0 Å². The molecule has 0 unspecified atom stereocenters. The van der Waals surface area contributed by atoms with Crippen molar-refractivity contribution in [3.05, 3.63) is 30.0 Å². The lowest BCUT2D eigenvalue weighted by molar-refractivity contribution is 0.617. The Morgan fingerprint density at radius 1 is 1.32 bits per heavy atom. The van der Waals surface area contributed by atoms with E-state index >= 15 is 0 Å². The van der Waals surface area contributed by atoms with E-state index in [4.69, 9.17) is 0 Å². The number of aromatic nitrogens is 4. The van der Waals surface area contributed by atoms with Crippen LogP contribution in [0.1, 0.15) is 12.5 Å². The second-order valence-corrected chi connectivity index (χ2v) is 4.12. The largest absolute Gasteiger partial charge is 0.367 e. The predicted octanol–water partition coefficient (Wildman–Crippen LogP) is 1.44. The van der Waals surface area contributed by atoms with Crippen molar-refractivity contribution in [2.24, 2.45) is 7.05 Å². The van der Waals surface area contributed by atoms with Gasteiger partial charge in [-0.05, 0) is 18.9 Å². The summed E-state index contributed by atoms with van der Waals surface area (Å²) < 4.78 is 15.2. The molecule has 19 heavy (non-hydrogen) atoms. The molecule has 2 N–H and O–H groups in total. The maximum atomic E-state index is 13.5. The summed E-state index contributed by atoms with van der Waals surface area (Å²) in [7, 11) is 1.86. The number of anilines is 2. The molecule has 0 spiro atoms. The number of hydrogen-bond donors (Lipinski definition) is 2. The zero-order valence-corrected chi connectivity index (χ0v) is 11.0. The van der Waals surface area contributed by atoms with Crippen LogP contribution in [0.25, 0.3) is 0 Å². The van der Waals surface area contributed by atoms with Crippen molar-refractivity contribution in [2.75, 3.05) is 23.7 Å². The zero-order chi connectivity index (χ0) is 13.7. The molecular formula is C12H17FN6. The molecule has 0 aliphatic carbocycles. The minimum absolute atomic E-state index is 0.217. The summed E-state index contributed by atoms with van der Waals surface area (Å²) in [6.45, 7) is 3.22. The van der Waals surface area contributed by atoms with Crippen LogP contribution in [-0.2, 0) is 13.5 Å². The molecule has 102 valence electrons. The molecule has 0 atom stereocenters. The Hall–Kier alpha value is -2.18. The number of aryl methyl sites for hydroxylation is 1. The van der Waals surface area contributed by atoms with E-state index in [2.05, 4.69) is 25.7 Å². The van der Waals surface area contributed by atoms with Crippen LogP contribution in [0.4, 0.5) is 16.2 Å². The predicted molar refractivity (Wildman–Crippen MR) is 71.6 cm³/mol. The Balaban J connectivity index is 1.93. The van der Waals surface area contributed by atoms with E-state index in [1.807, 2.05) is 20.2 Å². The number of halogens is 1. The highest BCUT2D eigenvalue weighted by molar-refractivity contribution is 5.41. The van der Waals surface area contributed by atoms with Gasteiger partial charge in [0.1, 0.15) is 0 Å². The lowest BCUT2D eigenvalue weighted by Gasteiger charge is -2.07. The van der Waals surface area contributed by atoms with Crippen LogP contribution in [0.2, 0.25) is 0 Å². The summed E-state index contributed by atoms with van der Waals surface area (Å²) in [5.41, 5.74) is 1.09. The van der Waals surface area contributed by atoms with Gasteiger partial charge >= 0.3 is 0 Å². The molecule has 0 aliphatic rings. The molecule has 0 aliphatic heterocycles. The van der Waals surface area contributed by atoms with E-state index in [1.165, 1.54) is 0 Å². The first-order valence-corrected chi connectivity index (χ1v) is 6.17. The second kappa shape index (κ2) is 6.12. The Kier molecular flexibility index (Phi) is 4.27. The first kappa shape index (κ1) is 13.3. The van der Waals surface area contributed by atoms with Crippen LogP contribution in [0, 0.1) is 5.82 Å². The van der Waals surface area contributed by atoms with Gasteiger partial charge in [0.2, 0.25) is 5.95 Å². The summed E-state index contributed by atoms with van der Waals surface area (Å²) in [4.78, 5) is 7.92. The fourth-order valence-corrected chi connectivity index (χ4v) is 1.66. The molecule has 2 heterocycles. The molecule has 0 bridgehead atoms. The maximum absolute atomic E-state index is 13.5. The van der Waals surface area contributed by atoms with Crippen LogP contribution in [0.15, 0.2) is 18.6 Å². The van der Waals surface area contributed by atoms with Crippen LogP contribution in [-0.4, -0.2) is 32.8 Å². The van der Waals surface area contributed by atoms with Crippen molar-refractivity contribution >= 4 is 11.8 Å². The Morgan fingerprint density at radius 3 is 2.84 bits per heavy atom. The van der Waals surface area contributed by atoms with Crippen molar-refractivity contribution in [3.8, 4) is 0 Å². The van der Waals surface area contributed by atoms with Gasteiger partial charge in [-0.1, -0.05) is 0 Å². The van der Waals surface area contributed by atoms with Gasteiger partial charge < -0.3 is 10.6 Å². The van der Waals surface area contributed by atoms with E-state index in [0.29, 0.717) is 19.0 Å². The Morgan fingerprint density at radius 2 is 2.16 bits per heavy atom. The number of nitrogens with zero attached hydrogens (tertiary/aromatic N) is 4. The second-order valence-electron chi connectivity index (χ2n) is 4.12. The summed E-state index contributed by atoms with van der Waals surface area (Å²) in [6.07, 6.45) is 5.65. The third-order valence-corrected chi connectivity index (χ3v) is 2.54. The summed E-state index contributed by atoms with van der Waals surface area (Å²) in [6, 6.07) is 0. The van der Waals surface area contributed by atoms with Crippen molar-refractivity contribution in [1.82, 2.24) is 19.7 Å². The van der Waals surface area contributed by atoms with E-state index in [0.717, 1.165) is 18.2 Å². The molecule has 2 rings (SSSR count). The van der Waals surface area contributed by atoms with Gasteiger partial charge in [0.25, 0.3) is 0 Å². The van der Waals surface area contributed by atoms with Crippen molar-refractivity contribution in [3.63, 3.8) is 0 Å². The molecule has 0 saturated carbocycles. The normalized spacial score (nSPS) is 10.5. The van der Waals surface area contributed by atoms with Crippen LogP contribution in [0.3, 0.4) is 0 Å². The third-order valence-electron chi connectivity index (χ3n) is 2.54. The molecule has 0 aromatic carbocycles. The molecule has 0 radical (unpaired) electrons. The monoisotopic (exact) mass is 264 g/mol. The van der Waals surface area contributed by atoms with Gasteiger partial charge in [-0.3, -0.25) is 4.68 Å². The molecule has 7 heteroatoms. The van der Waals surface area contributed by atoms with Gasteiger partial charge in [0.05, 0.1) is 12.4 Å². The van der Waals surface area contributed by atoms with Gasteiger partial charge in [0.15, 0.2) is 11.6 Å². The molecule has 0 amide bonds. The topological polar surface area (TPSA) is 67.7 Å². The number of nitrogens with one attached hydrogen (secondary N) is 2. The number of rotatable bonds is 6. The van der Waals surface area contributed by atoms with Crippen LogP contribution < -0.4 is 10.6 Å². The van der Waals surface area contributed by atoms with Gasteiger partial charge in [0, 0.05) is 26.3 Å². The Bertz CT molecular complexity index is 539. The minimum Gasteiger partial charge on any atom is -0.367 e. The van der Waals surface area contributed by atoms with E-state index in [9.17, 15) is 4.39 Å². The maximum Gasteiger partial charge on any atom is 0.224 e. The summed E-state index contributed by atoms with van der Waals surface area (Å²) in [5.74, 6) is 0.190. The van der Waals surface area contributed by atoms with Crippen molar-refractivity contribution in [1.29, 1.82) is 0 Å². The average molecular weight is 264 g/mol. The molecule has 0 fully saturated rings. The fraction of sp³-hybridized carbons (Fsp3) is 0.417. The minimum atomic E-state index is -0.451. The van der Waals surface area contributed by atoms with E-state index in [-0.39, 0.29) is 5.82 Å². The first-order valence-electron chi connectivity index (χ1n) is 6.17. The molecule has 6 nitrogen and oxygen atoms in total. The summed E-state index contributed by atoms with van der Waals surface area (Å²) >= 11 is 0. The average Bonchev–Trinajstić information content (AvgIpc) is 2.79. The lowest BCUT2D eigenvalue weighted by atomic mass is 10.2. The lowest BCUT2D eigenvalue weighted by Crippen LogP contribution is -2.10. The third kappa shape index (κ3) is 3.64. The van der Waals surface area contributed by atoms with Crippen molar-refractivity contribution in [2.45, 2.75) is 13.3 Å². The molecule has 2 aromatic rings. The van der Waals surface area contributed by atoms with Gasteiger partial charge in [-0.2, -0.15) is 10.1 Å². The Labute approximate surface area is 111 Å². The molecular weight excluding hydrogens is 247 g/mol. The quantitative estimate of drug-likeness (QED) is 0.826. The van der Waals surface area contributed by atoms with Crippen LogP contribution >= 0.6 is 0 Å². The van der Waals surface area contributed by atoms with E-state index in [1.54, 1.807) is 10.9 Å². The highest BCUT2D eigenvalue weighted by Gasteiger charge is 2.06. The standard InChI is InChI=1S/C12H17FN6/c1-3-14-12-16-7-10(13)11(18-12)15-5-4-9-6-17-19(2)8-9/h6-8H,3-5H2,1-2H3,(H2,14,15,16,18). The number of hydrogen-bond acceptors (Lipinski definition) is 5. The molecule has 2 aromatic heterocycles. The zero-order valence-electron chi connectivity index (χ0n) is 11.0. The highest BCUT2D eigenvalue weighted by atomic mass is 19.1. The van der Waals surface area contributed by atoms with Gasteiger partial charge in [-0.25, -0.2) is 9.37 Å². The van der Waals surface area contributed by atoms with E-state index < -0.39 is 5.82 Å². The first-order chi connectivity index (χ1) is 9.19. The smallest absolute Gasteiger partial charge is 0.224 e. The summed E-state index contributed by atoms with van der Waals surface area (Å²) in [5, 5.41) is 9.99. The highest BCUT2D eigenvalue weighted by Crippen LogP contribution is 2.11. The SMILES string of the molecule is CCNc1ncc(F)c(NCCc2cnn(C)c2)n1. The van der Waals surface area contributed by atoms with Crippen molar-refractivity contribution < 1.29 is 4.39 Å².